The first-order chi connectivity index (χ1) is 9.97. The standard InChI is InChI=1S/C14H12FNO3S2/c15-10-5-3-9(4-6-10)8-11-13(19)16(14(20)21-11)7-1-2-12(17)18/h3-6,8H,1-2,7H2,(H,17,18)/b11-8+. The molecule has 0 aliphatic carbocycles. The lowest BCUT2D eigenvalue weighted by atomic mass is 10.2. The Bertz CT molecular complexity index is 613. The van der Waals surface area contributed by atoms with Crippen molar-refractivity contribution in [1.29, 1.82) is 0 Å². The Morgan fingerprint density at radius 2 is 2.05 bits per heavy atom. The van der Waals surface area contributed by atoms with Crippen molar-refractivity contribution in [3.8, 4) is 0 Å². The zero-order valence-corrected chi connectivity index (χ0v) is 12.5. The third kappa shape index (κ3) is 4.12. The summed E-state index contributed by atoms with van der Waals surface area (Å²) in [7, 11) is 0. The van der Waals surface area contributed by atoms with E-state index in [4.69, 9.17) is 17.3 Å². The summed E-state index contributed by atoms with van der Waals surface area (Å²) in [5.74, 6) is -1.48. The normalized spacial score (nSPS) is 16.8. The molecule has 0 bridgehead atoms. The number of thiocarbonyl (C=S) groups is 1. The van der Waals surface area contributed by atoms with Gasteiger partial charge in [-0.1, -0.05) is 36.1 Å². The van der Waals surface area contributed by atoms with Gasteiger partial charge in [0.05, 0.1) is 4.91 Å². The number of carbonyl (C=O) groups is 2. The van der Waals surface area contributed by atoms with Gasteiger partial charge in [0.25, 0.3) is 5.91 Å². The van der Waals surface area contributed by atoms with Crippen LogP contribution in [0.15, 0.2) is 29.2 Å². The van der Waals surface area contributed by atoms with Gasteiger partial charge in [-0.25, -0.2) is 4.39 Å². The Balaban J connectivity index is 2.06. The molecule has 110 valence electrons. The molecule has 1 saturated heterocycles. The van der Waals surface area contributed by atoms with Gasteiger partial charge in [0.2, 0.25) is 0 Å². The van der Waals surface area contributed by atoms with Crippen LogP contribution < -0.4 is 0 Å². The van der Waals surface area contributed by atoms with E-state index in [1.807, 2.05) is 0 Å². The van der Waals surface area contributed by atoms with Crippen LogP contribution in [0.5, 0.6) is 0 Å². The summed E-state index contributed by atoms with van der Waals surface area (Å²) in [6.07, 6.45) is 2.00. The lowest BCUT2D eigenvalue weighted by molar-refractivity contribution is -0.137. The minimum absolute atomic E-state index is 0.00588. The fourth-order valence-corrected chi connectivity index (χ4v) is 3.10. The number of carboxylic acid groups (broad SMARTS) is 1. The van der Waals surface area contributed by atoms with Crippen LogP contribution in [0.4, 0.5) is 4.39 Å². The quantitative estimate of drug-likeness (QED) is 0.666. The van der Waals surface area contributed by atoms with E-state index < -0.39 is 5.97 Å². The molecule has 1 heterocycles. The van der Waals surface area contributed by atoms with Crippen LogP contribution in [0.3, 0.4) is 0 Å². The molecule has 0 radical (unpaired) electrons. The van der Waals surface area contributed by atoms with E-state index in [-0.39, 0.29) is 24.7 Å². The second kappa shape index (κ2) is 6.82. The van der Waals surface area contributed by atoms with Crippen molar-refractivity contribution in [2.24, 2.45) is 0 Å². The van der Waals surface area contributed by atoms with E-state index >= 15 is 0 Å². The summed E-state index contributed by atoms with van der Waals surface area (Å²) in [6, 6.07) is 5.79. The van der Waals surface area contributed by atoms with Crippen LogP contribution in [0.25, 0.3) is 6.08 Å². The first-order valence-corrected chi connectivity index (χ1v) is 7.42. The van der Waals surface area contributed by atoms with Crippen LogP contribution in [0, 0.1) is 5.82 Å². The highest BCUT2D eigenvalue weighted by molar-refractivity contribution is 8.26. The molecular weight excluding hydrogens is 313 g/mol. The molecule has 0 aromatic heterocycles. The minimum atomic E-state index is -0.901. The van der Waals surface area contributed by atoms with Gasteiger partial charge in [-0.2, -0.15) is 0 Å². The second-order valence-corrected chi connectivity index (χ2v) is 6.06. The monoisotopic (exact) mass is 325 g/mol. The molecule has 1 aliphatic rings. The van der Waals surface area contributed by atoms with Crippen molar-refractivity contribution in [3.05, 3.63) is 40.6 Å². The van der Waals surface area contributed by atoms with Crippen molar-refractivity contribution >= 4 is 46.3 Å². The lowest BCUT2D eigenvalue weighted by Crippen LogP contribution is -2.29. The number of aliphatic carboxylic acids is 1. The Kier molecular flexibility index (Phi) is 5.08. The molecular formula is C14H12FNO3S2. The molecule has 7 heteroatoms. The number of benzene rings is 1. The molecule has 1 aliphatic heterocycles. The molecule has 0 unspecified atom stereocenters. The second-order valence-electron chi connectivity index (χ2n) is 4.38. The van der Waals surface area contributed by atoms with Crippen LogP contribution >= 0.6 is 24.0 Å². The number of hydrogen-bond donors (Lipinski definition) is 1. The number of halogens is 1. The first kappa shape index (κ1) is 15.7. The number of rotatable bonds is 5. The van der Waals surface area contributed by atoms with Gasteiger partial charge in [0.15, 0.2) is 0 Å². The Morgan fingerprint density at radius 1 is 1.38 bits per heavy atom. The fraction of sp³-hybridized carbons (Fsp3) is 0.214. The predicted octanol–water partition coefficient (Wildman–Crippen LogP) is 2.89. The number of carbonyl (C=O) groups excluding carboxylic acids is 1. The zero-order valence-electron chi connectivity index (χ0n) is 10.9. The molecule has 1 N–H and O–H groups in total. The molecule has 4 nitrogen and oxygen atoms in total. The smallest absolute Gasteiger partial charge is 0.303 e. The highest BCUT2D eigenvalue weighted by Gasteiger charge is 2.31. The van der Waals surface area contributed by atoms with Gasteiger partial charge in [-0.3, -0.25) is 14.5 Å². The summed E-state index contributed by atoms with van der Waals surface area (Å²) >= 11 is 6.30. The Morgan fingerprint density at radius 3 is 2.67 bits per heavy atom. The number of carboxylic acids is 1. The maximum atomic E-state index is 12.8. The molecule has 21 heavy (non-hydrogen) atoms. The van der Waals surface area contributed by atoms with Crippen molar-refractivity contribution in [3.63, 3.8) is 0 Å². The summed E-state index contributed by atoms with van der Waals surface area (Å²) in [6.45, 7) is 0.289. The Labute approximate surface area is 130 Å². The van der Waals surface area contributed by atoms with E-state index in [1.165, 1.54) is 28.8 Å². The van der Waals surface area contributed by atoms with Crippen LogP contribution in [0.2, 0.25) is 0 Å². The summed E-state index contributed by atoms with van der Waals surface area (Å²) < 4.78 is 13.3. The van der Waals surface area contributed by atoms with E-state index in [1.54, 1.807) is 18.2 Å². The van der Waals surface area contributed by atoms with Gasteiger partial charge in [-0.05, 0) is 30.2 Å². The average molecular weight is 325 g/mol. The van der Waals surface area contributed by atoms with Crippen molar-refractivity contribution < 1.29 is 19.1 Å². The van der Waals surface area contributed by atoms with Crippen LogP contribution in [-0.2, 0) is 9.59 Å². The van der Waals surface area contributed by atoms with Gasteiger partial charge in [-0.15, -0.1) is 0 Å². The maximum absolute atomic E-state index is 12.8. The SMILES string of the molecule is O=C(O)CCCN1C(=O)/C(=C\c2ccc(F)cc2)SC1=S. The molecule has 1 fully saturated rings. The van der Waals surface area contributed by atoms with E-state index in [0.29, 0.717) is 21.2 Å². The van der Waals surface area contributed by atoms with Crippen molar-refractivity contribution in [2.45, 2.75) is 12.8 Å². The van der Waals surface area contributed by atoms with Crippen LogP contribution in [0.1, 0.15) is 18.4 Å². The van der Waals surface area contributed by atoms with Crippen molar-refractivity contribution in [2.75, 3.05) is 6.54 Å². The number of hydrogen-bond acceptors (Lipinski definition) is 4. The van der Waals surface area contributed by atoms with Crippen molar-refractivity contribution in [1.82, 2.24) is 4.90 Å². The Hall–Kier alpha value is -1.73. The molecule has 0 spiro atoms. The predicted molar refractivity (Wildman–Crippen MR) is 83.1 cm³/mol. The third-order valence-electron chi connectivity index (χ3n) is 2.81. The van der Waals surface area contributed by atoms with Gasteiger partial charge in [0.1, 0.15) is 10.1 Å². The number of amides is 1. The topological polar surface area (TPSA) is 57.6 Å². The van der Waals surface area contributed by atoms with E-state index in [0.717, 1.165) is 0 Å². The highest BCUT2D eigenvalue weighted by Crippen LogP contribution is 2.32. The summed E-state index contributed by atoms with van der Waals surface area (Å²) in [5, 5.41) is 8.60. The van der Waals surface area contributed by atoms with Gasteiger partial charge in [0, 0.05) is 13.0 Å². The minimum Gasteiger partial charge on any atom is -0.481 e. The molecule has 2 rings (SSSR count). The number of nitrogens with zero attached hydrogens (tertiary/aromatic N) is 1. The van der Waals surface area contributed by atoms with E-state index in [2.05, 4.69) is 0 Å². The highest BCUT2D eigenvalue weighted by atomic mass is 32.2. The van der Waals surface area contributed by atoms with Gasteiger partial charge >= 0.3 is 5.97 Å². The zero-order chi connectivity index (χ0) is 15.4. The maximum Gasteiger partial charge on any atom is 0.303 e. The molecule has 1 aromatic rings. The molecule has 1 amide bonds. The first-order valence-electron chi connectivity index (χ1n) is 6.20. The molecule has 0 saturated carbocycles. The fourth-order valence-electron chi connectivity index (χ4n) is 1.79. The lowest BCUT2D eigenvalue weighted by Gasteiger charge is -2.13. The largest absolute Gasteiger partial charge is 0.481 e. The van der Waals surface area contributed by atoms with Gasteiger partial charge < -0.3 is 5.11 Å². The molecule has 0 atom stereocenters. The molecule has 1 aromatic carbocycles. The summed E-state index contributed by atoms with van der Waals surface area (Å²) in [4.78, 5) is 24.5. The summed E-state index contributed by atoms with van der Waals surface area (Å²) in [5.41, 5.74) is 0.711. The number of thioether (sulfide) groups is 1. The average Bonchev–Trinajstić information content (AvgIpc) is 2.68. The van der Waals surface area contributed by atoms with Crippen LogP contribution in [-0.4, -0.2) is 32.7 Å². The van der Waals surface area contributed by atoms with E-state index in [9.17, 15) is 14.0 Å². The third-order valence-corrected chi connectivity index (χ3v) is 4.19.